The number of anilines is 2. The van der Waals surface area contributed by atoms with Gasteiger partial charge >= 0.3 is 0 Å². The lowest BCUT2D eigenvalue weighted by molar-refractivity contribution is 0.102. The number of carbonyl (C=O) groups excluding carboxylic acids is 1. The maximum Gasteiger partial charge on any atom is 0.258 e. The number of nitrogens with one attached hydrogen (secondary N) is 1. The quantitative estimate of drug-likeness (QED) is 0.372. The SMILES string of the molecule is O=C(Nc1ccc(Cl)c(-c2ccc3ncccc3n2)c1)c1ccc(N2CCCCCS2(=O)=O)cc1F. The van der Waals surface area contributed by atoms with E-state index in [1.165, 1.54) is 16.4 Å². The maximum absolute atomic E-state index is 14.9. The number of amides is 1. The Morgan fingerprint density at radius 3 is 2.69 bits per heavy atom. The summed E-state index contributed by atoms with van der Waals surface area (Å²) in [6.45, 7) is 0.291. The highest BCUT2D eigenvalue weighted by atomic mass is 35.5. The van der Waals surface area contributed by atoms with Crippen molar-refractivity contribution in [2.75, 3.05) is 21.9 Å². The molecule has 1 amide bonds. The number of rotatable bonds is 4. The predicted octanol–water partition coefficient (Wildman–Crippen LogP) is 5.66. The fourth-order valence-electron chi connectivity index (χ4n) is 4.20. The fourth-order valence-corrected chi connectivity index (χ4v) is 6.05. The molecule has 4 aromatic rings. The zero-order chi connectivity index (χ0) is 25.3. The minimum absolute atomic E-state index is 0.0261. The zero-order valence-electron chi connectivity index (χ0n) is 19.1. The van der Waals surface area contributed by atoms with Gasteiger partial charge in [0, 0.05) is 24.0 Å². The van der Waals surface area contributed by atoms with Gasteiger partial charge in [-0.05, 0) is 73.5 Å². The van der Waals surface area contributed by atoms with E-state index in [2.05, 4.69) is 15.3 Å². The van der Waals surface area contributed by atoms with E-state index >= 15 is 0 Å². The minimum atomic E-state index is -3.52. The van der Waals surface area contributed by atoms with Crippen LogP contribution in [0.2, 0.25) is 5.02 Å². The van der Waals surface area contributed by atoms with Crippen LogP contribution in [0.1, 0.15) is 29.6 Å². The molecule has 2 aromatic heterocycles. The molecule has 1 saturated heterocycles. The molecule has 184 valence electrons. The first-order valence-corrected chi connectivity index (χ1v) is 13.4. The van der Waals surface area contributed by atoms with Crippen molar-refractivity contribution in [3.63, 3.8) is 0 Å². The van der Waals surface area contributed by atoms with Crippen LogP contribution in [0.15, 0.2) is 66.9 Å². The van der Waals surface area contributed by atoms with Crippen molar-refractivity contribution < 1.29 is 17.6 Å². The van der Waals surface area contributed by atoms with Crippen molar-refractivity contribution in [1.29, 1.82) is 0 Å². The Balaban J connectivity index is 1.39. The van der Waals surface area contributed by atoms with E-state index in [1.54, 1.807) is 36.5 Å². The molecule has 0 radical (unpaired) electrons. The number of carbonyl (C=O) groups is 1. The Hall–Kier alpha value is -3.56. The number of halogens is 2. The molecule has 2 aromatic carbocycles. The van der Waals surface area contributed by atoms with Crippen LogP contribution in [0.5, 0.6) is 0 Å². The lowest BCUT2D eigenvalue weighted by Crippen LogP contribution is -2.32. The number of nitrogens with zero attached hydrogens (tertiary/aromatic N) is 3. The molecule has 36 heavy (non-hydrogen) atoms. The van der Waals surface area contributed by atoms with Crippen LogP contribution in [0, 0.1) is 5.82 Å². The smallest absolute Gasteiger partial charge is 0.258 e. The molecule has 0 unspecified atom stereocenters. The number of aromatic nitrogens is 2. The van der Waals surface area contributed by atoms with Gasteiger partial charge in [-0.15, -0.1) is 0 Å². The van der Waals surface area contributed by atoms with Gasteiger partial charge in [-0.2, -0.15) is 0 Å². The van der Waals surface area contributed by atoms with Crippen LogP contribution < -0.4 is 9.62 Å². The molecular formula is C26H22ClFN4O3S. The number of sulfonamides is 1. The van der Waals surface area contributed by atoms with Crippen LogP contribution in [0.3, 0.4) is 0 Å². The van der Waals surface area contributed by atoms with E-state index < -0.39 is 21.7 Å². The van der Waals surface area contributed by atoms with Gasteiger partial charge in [0.1, 0.15) is 5.82 Å². The topological polar surface area (TPSA) is 92.3 Å². The molecule has 0 atom stereocenters. The highest BCUT2D eigenvalue weighted by Gasteiger charge is 2.26. The third-order valence-electron chi connectivity index (χ3n) is 6.04. The van der Waals surface area contributed by atoms with E-state index in [1.807, 2.05) is 12.1 Å². The lowest BCUT2D eigenvalue weighted by atomic mass is 10.1. The Labute approximate surface area is 213 Å². The van der Waals surface area contributed by atoms with Gasteiger partial charge in [0.15, 0.2) is 0 Å². The number of pyridine rings is 2. The van der Waals surface area contributed by atoms with Gasteiger partial charge in [0.05, 0.1) is 38.8 Å². The summed E-state index contributed by atoms with van der Waals surface area (Å²) < 4.78 is 41.2. The van der Waals surface area contributed by atoms with E-state index in [0.29, 0.717) is 46.9 Å². The summed E-state index contributed by atoms with van der Waals surface area (Å²) in [5, 5.41) is 3.13. The Morgan fingerprint density at radius 1 is 1.00 bits per heavy atom. The standard InChI is InChI=1S/C26H22ClFN4O3S/c27-21-9-6-17(15-20(21)23-10-11-24-25(31-23)5-4-12-29-24)30-26(33)19-8-7-18(16-22(19)28)32-13-2-1-3-14-36(32,34)35/h4-12,15-16H,1-3,13-14H2,(H,30,33). The third kappa shape index (κ3) is 4.89. The Morgan fingerprint density at radius 2 is 1.86 bits per heavy atom. The van der Waals surface area contributed by atoms with E-state index in [9.17, 15) is 17.6 Å². The molecule has 0 bridgehead atoms. The maximum atomic E-state index is 14.9. The first-order valence-electron chi connectivity index (χ1n) is 11.4. The normalized spacial score (nSPS) is 15.4. The second-order valence-electron chi connectivity index (χ2n) is 8.50. The number of benzene rings is 2. The van der Waals surface area contributed by atoms with Crippen molar-refractivity contribution in [2.24, 2.45) is 0 Å². The molecule has 10 heteroatoms. The Bertz CT molecular complexity index is 1580. The molecule has 3 heterocycles. The number of hydrogen-bond acceptors (Lipinski definition) is 5. The van der Waals surface area contributed by atoms with Crippen LogP contribution in [-0.2, 0) is 10.0 Å². The van der Waals surface area contributed by atoms with Crippen LogP contribution in [-0.4, -0.2) is 36.6 Å². The lowest BCUT2D eigenvalue weighted by Gasteiger charge is -2.22. The number of fused-ring (bicyclic) bond motifs is 1. The van der Waals surface area contributed by atoms with E-state index in [4.69, 9.17) is 11.6 Å². The van der Waals surface area contributed by atoms with Gasteiger partial charge < -0.3 is 5.32 Å². The predicted molar refractivity (Wildman–Crippen MR) is 139 cm³/mol. The minimum Gasteiger partial charge on any atom is -0.322 e. The average Bonchev–Trinajstić information content (AvgIpc) is 3.04. The van der Waals surface area contributed by atoms with Crippen molar-refractivity contribution in [3.05, 3.63) is 83.3 Å². The average molecular weight is 525 g/mol. The van der Waals surface area contributed by atoms with Crippen LogP contribution in [0.4, 0.5) is 15.8 Å². The third-order valence-corrected chi connectivity index (χ3v) is 8.24. The fraction of sp³-hybridized carbons (Fsp3) is 0.192. The molecule has 1 fully saturated rings. The van der Waals surface area contributed by atoms with Gasteiger partial charge in [-0.25, -0.2) is 17.8 Å². The molecule has 0 saturated carbocycles. The van der Waals surface area contributed by atoms with Crippen molar-refractivity contribution in [3.8, 4) is 11.3 Å². The molecule has 1 N–H and O–H groups in total. The van der Waals surface area contributed by atoms with Gasteiger partial charge in [0.25, 0.3) is 5.91 Å². The van der Waals surface area contributed by atoms with Crippen molar-refractivity contribution in [2.45, 2.75) is 19.3 Å². The molecule has 7 nitrogen and oxygen atoms in total. The second-order valence-corrected chi connectivity index (χ2v) is 10.9. The molecule has 5 rings (SSSR count). The summed E-state index contributed by atoms with van der Waals surface area (Å²) in [5.41, 5.74) is 3.08. The molecule has 0 spiro atoms. The Kier molecular flexibility index (Phi) is 6.59. The first-order chi connectivity index (χ1) is 17.3. The molecule has 1 aliphatic rings. The van der Waals surface area contributed by atoms with E-state index in [0.717, 1.165) is 18.0 Å². The van der Waals surface area contributed by atoms with Crippen LogP contribution >= 0.6 is 11.6 Å². The summed E-state index contributed by atoms with van der Waals surface area (Å²) in [6.07, 6.45) is 3.76. The van der Waals surface area contributed by atoms with Crippen LogP contribution in [0.25, 0.3) is 22.3 Å². The molecule has 1 aliphatic heterocycles. The van der Waals surface area contributed by atoms with Gasteiger partial charge in [-0.3, -0.25) is 14.1 Å². The monoisotopic (exact) mass is 524 g/mol. The summed E-state index contributed by atoms with van der Waals surface area (Å²) in [4.78, 5) is 21.7. The molecular weight excluding hydrogens is 503 g/mol. The summed E-state index contributed by atoms with van der Waals surface area (Å²) >= 11 is 6.40. The van der Waals surface area contributed by atoms with Crippen molar-refractivity contribution in [1.82, 2.24) is 9.97 Å². The van der Waals surface area contributed by atoms with Gasteiger partial charge in [0.2, 0.25) is 10.0 Å². The zero-order valence-corrected chi connectivity index (χ0v) is 20.7. The van der Waals surface area contributed by atoms with Crippen molar-refractivity contribution >= 4 is 49.9 Å². The number of hydrogen-bond donors (Lipinski definition) is 1. The van der Waals surface area contributed by atoms with E-state index in [-0.39, 0.29) is 17.0 Å². The summed E-state index contributed by atoms with van der Waals surface area (Å²) in [6, 6.07) is 16.0. The van der Waals surface area contributed by atoms with Gasteiger partial charge in [-0.1, -0.05) is 18.0 Å². The first kappa shape index (κ1) is 24.1. The summed E-state index contributed by atoms with van der Waals surface area (Å²) in [5.74, 6) is -1.44. The highest BCUT2D eigenvalue weighted by Crippen LogP contribution is 2.31. The largest absolute Gasteiger partial charge is 0.322 e. The summed E-state index contributed by atoms with van der Waals surface area (Å²) in [7, 11) is -3.52. The second kappa shape index (κ2) is 9.83. The highest BCUT2D eigenvalue weighted by molar-refractivity contribution is 7.92. The molecule has 0 aliphatic carbocycles.